The van der Waals surface area contributed by atoms with Crippen molar-refractivity contribution in [3.05, 3.63) is 90.2 Å². The molecule has 3 aromatic carbocycles. The maximum atomic E-state index is 13.4. The molecule has 26 heavy (non-hydrogen) atoms. The second kappa shape index (κ2) is 8.58. The number of nitrogens with one attached hydrogen (secondary N) is 1. The van der Waals surface area contributed by atoms with Crippen molar-refractivity contribution < 1.29 is 13.9 Å². The van der Waals surface area contributed by atoms with E-state index in [0.29, 0.717) is 0 Å². The van der Waals surface area contributed by atoms with Crippen LogP contribution in [0.25, 0.3) is 11.1 Å². The van der Waals surface area contributed by atoms with Gasteiger partial charge in [0.2, 0.25) is 0 Å². The molecule has 0 bridgehead atoms. The van der Waals surface area contributed by atoms with E-state index in [9.17, 15) is 9.18 Å². The molecule has 0 fully saturated rings. The van der Waals surface area contributed by atoms with E-state index >= 15 is 0 Å². The number of hydrogen-bond donors (Lipinski definition) is 1. The van der Waals surface area contributed by atoms with Gasteiger partial charge in [-0.05, 0) is 28.8 Å². The lowest BCUT2D eigenvalue weighted by Gasteiger charge is -2.05. The van der Waals surface area contributed by atoms with Gasteiger partial charge in [-0.25, -0.2) is 9.82 Å². The highest BCUT2D eigenvalue weighted by Gasteiger charge is 2.05. The molecule has 0 heterocycles. The molecule has 130 valence electrons. The van der Waals surface area contributed by atoms with Crippen molar-refractivity contribution in [1.29, 1.82) is 0 Å². The van der Waals surface area contributed by atoms with Crippen LogP contribution in [0.1, 0.15) is 5.56 Å². The average Bonchev–Trinajstić information content (AvgIpc) is 2.69. The highest BCUT2D eigenvalue weighted by Crippen LogP contribution is 2.18. The third kappa shape index (κ3) is 4.77. The van der Waals surface area contributed by atoms with Crippen molar-refractivity contribution in [2.45, 2.75) is 0 Å². The van der Waals surface area contributed by atoms with Gasteiger partial charge in [-0.2, -0.15) is 5.10 Å². The van der Waals surface area contributed by atoms with Gasteiger partial charge >= 0.3 is 0 Å². The Hall–Kier alpha value is -3.47. The number of hydrazone groups is 1. The zero-order valence-electron chi connectivity index (χ0n) is 13.9. The number of nitrogens with zero attached hydrogens (tertiary/aromatic N) is 1. The lowest BCUT2D eigenvalue weighted by molar-refractivity contribution is -0.123. The smallest absolute Gasteiger partial charge is 0.277 e. The first-order chi connectivity index (χ1) is 12.7. The Kier molecular flexibility index (Phi) is 5.72. The number of halogens is 1. The zero-order chi connectivity index (χ0) is 18.2. The highest BCUT2D eigenvalue weighted by atomic mass is 19.1. The van der Waals surface area contributed by atoms with E-state index in [1.807, 2.05) is 54.6 Å². The van der Waals surface area contributed by atoms with Crippen LogP contribution in [0.4, 0.5) is 4.39 Å². The van der Waals surface area contributed by atoms with Crippen molar-refractivity contribution in [2.75, 3.05) is 6.61 Å². The van der Waals surface area contributed by atoms with Crippen LogP contribution in [0.2, 0.25) is 0 Å². The Morgan fingerprint density at radius 1 is 0.923 bits per heavy atom. The van der Waals surface area contributed by atoms with Crippen LogP contribution >= 0.6 is 0 Å². The van der Waals surface area contributed by atoms with Crippen LogP contribution in [-0.4, -0.2) is 18.7 Å². The minimum absolute atomic E-state index is 0.0307. The van der Waals surface area contributed by atoms with Gasteiger partial charge in [-0.1, -0.05) is 66.7 Å². The minimum atomic E-state index is -0.512. The van der Waals surface area contributed by atoms with Crippen LogP contribution in [0.3, 0.4) is 0 Å². The molecule has 0 aromatic heterocycles. The summed E-state index contributed by atoms with van der Waals surface area (Å²) in [6, 6.07) is 23.7. The number of para-hydroxylation sites is 1. The number of ether oxygens (including phenoxy) is 1. The molecule has 0 unspecified atom stereocenters. The van der Waals surface area contributed by atoms with Gasteiger partial charge in [0.25, 0.3) is 5.91 Å². The summed E-state index contributed by atoms with van der Waals surface area (Å²) in [5, 5.41) is 3.88. The summed E-state index contributed by atoms with van der Waals surface area (Å²) in [7, 11) is 0. The first-order valence-electron chi connectivity index (χ1n) is 8.07. The molecule has 4 nitrogen and oxygen atoms in total. The van der Waals surface area contributed by atoms with Crippen molar-refractivity contribution in [3.8, 4) is 16.9 Å². The topological polar surface area (TPSA) is 50.7 Å². The van der Waals surface area contributed by atoms with Crippen LogP contribution in [-0.2, 0) is 4.79 Å². The van der Waals surface area contributed by atoms with E-state index in [0.717, 1.165) is 16.7 Å². The minimum Gasteiger partial charge on any atom is -0.481 e. The summed E-state index contributed by atoms with van der Waals surface area (Å²) in [6.07, 6.45) is 1.54. The molecule has 0 saturated heterocycles. The van der Waals surface area contributed by atoms with Crippen molar-refractivity contribution >= 4 is 12.1 Å². The number of amides is 1. The van der Waals surface area contributed by atoms with Gasteiger partial charge in [0.15, 0.2) is 18.2 Å². The van der Waals surface area contributed by atoms with E-state index in [-0.39, 0.29) is 12.4 Å². The Morgan fingerprint density at radius 3 is 2.31 bits per heavy atom. The second-order valence-corrected chi connectivity index (χ2v) is 5.50. The number of rotatable bonds is 6. The molecular formula is C21H17FN2O2. The fraction of sp³-hybridized carbons (Fsp3) is 0.0476. The molecule has 3 rings (SSSR count). The predicted octanol–water partition coefficient (Wildman–Crippen LogP) is 4.02. The third-order valence-electron chi connectivity index (χ3n) is 3.62. The van der Waals surface area contributed by atoms with Crippen LogP contribution in [0, 0.1) is 5.82 Å². The van der Waals surface area contributed by atoms with Crippen molar-refractivity contribution in [2.24, 2.45) is 5.10 Å². The molecule has 3 aromatic rings. The van der Waals surface area contributed by atoms with Crippen LogP contribution in [0.5, 0.6) is 5.75 Å². The quantitative estimate of drug-likeness (QED) is 0.540. The molecule has 0 aliphatic heterocycles. The van der Waals surface area contributed by atoms with Gasteiger partial charge in [0.1, 0.15) is 0 Å². The molecule has 1 N–H and O–H groups in total. The van der Waals surface area contributed by atoms with E-state index in [2.05, 4.69) is 10.5 Å². The number of carbonyl (C=O) groups is 1. The molecule has 5 heteroatoms. The lowest BCUT2D eigenvalue weighted by Crippen LogP contribution is -2.24. The van der Waals surface area contributed by atoms with E-state index < -0.39 is 11.7 Å². The summed E-state index contributed by atoms with van der Waals surface area (Å²) in [5.74, 6) is -0.948. The number of benzene rings is 3. The van der Waals surface area contributed by atoms with Gasteiger partial charge < -0.3 is 4.74 Å². The first-order valence-corrected chi connectivity index (χ1v) is 8.07. The normalized spacial score (nSPS) is 10.7. The molecule has 0 aliphatic rings. The van der Waals surface area contributed by atoms with Crippen LogP contribution < -0.4 is 10.2 Å². The molecule has 0 radical (unpaired) electrons. The highest BCUT2D eigenvalue weighted by molar-refractivity contribution is 5.83. The Balaban J connectivity index is 1.50. The van der Waals surface area contributed by atoms with E-state index in [1.165, 1.54) is 18.3 Å². The van der Waals surface area contributed by atoms with Crippen LogP contribution in [0.15, 0.2) is 84.0 Å². The Labute approximate surface area is 150 Å². The number of carbonyl (C=O) groups excluding carboxylic acids is 1. The van der Waals surface area contributed by atoms with Gasteiger partial charge in [0.05, 0.1) is 6.21 Å². The third-order valence-corrected chi connectivity index (χ3v) is 3.62. The molecular weight excluding hydrogens is 331 g/mol. The summed E-state index contributed by atoms with van der Waals surface area (Å²) in [6.45, 7) is -0.314. The molecule has 1 amide bonds. The molecule has 0 spiro atoms. The molecule has 0 saturated carbocycles. The first kappa shape index (κ1) is 17.4. The van der Waals surface area contributed by atoms with Gasteiger partial charge in [-0.15, -0.1) is 0 Å². The Morgan fingerprint density at radius 2 is 1.58 bits per heavy atom. The van der Waals surface area contributed by atoms with E-state index in [1.54, 1.807) is 12.1 Å². The fourth-order valence-corrected chi connectivity index (χ4v) is 2.31. The second-order valence-electron chi connectivity index (χ2n) is 5.50. The molecule has 0 aliphatic carbocycles. The summed E-state index contributed by atoms with van der Waals surface area (Å²) in [4.78, 5) is 11.7. The molecule has 0 atom stereocenters. The zero-order valence-corrected chi connectivity index (χ0v) is 13.9. The summed E-state index contributed by atoms with van der Waals surface area (Å²) in [5.41, 5.74) is 5.43. The average molecular weight is 348 g/mol. The predicted molar refractivity (Wildman–Crippen MR) is 99.5 cm³/mol. The maximum Gasteiger partial charge on any atom is 0.277 e. The van der Waals surface area contributed by atoms with Gasteiger partial charge in [-0.3, -0.25) is 4.79 Å². The number of hydrogen-bond acceptors (Lipinski definition) is 3. The lowest BCUT2D eigenvalue weighted by atomic mass is 10.0. The maximum absolute atomic E-state index is 13.4. The SMILES string of the molecule is O=C(COc1ccccc1F)N/N=C\c1ccc(-c2ccccc2)cc1. The van der Waals surface area contributed by atoms with Crippen molar-refractivity contribution in [3.63, 3.8) is 0 Å². The largest absolute Gasteiger partial charge is 0.481 e. The van der Waals surface area contributed by atoms with Gasteiger partial charge in [0, 0.05) is 0 Å². The summed E-state index contributed by atoms with van der Waals surface area (Å²) < 4.78 is 18.5. The van der Waals surface area contributed by atoms with E-state index in [4.69, 9.17) is 4.74 Å². The monoisotopic (exact) mass is 348 g/mol. The Bertz CT molecular complexity index is 893. The standard InChI is InChI=1S/C21H17FN2O2/c22-19-8-4-5-9-20(19)26-15-21(25)24-23-14-16-10-12-18(13-11-16)17-6-2-1-3-7-17/h1-14H,15H2,(H,24,25)/b23-14-. The summed E-state index contributed by atoms with van der Waals surface area (Å²) >= 11 is 0. The fourth-order valence-electron chi connectivity index (χ4n) is 2.31. The van der Waals surface area contributed by atoms with Crippen molar-refractivity contribution in [1.82, 2.24) is 5.43 Å².